The third kappa shape index (κ3) is 4.47. The van der Waals surface area contributed by atoms with E-state index in [9.17, 15) is 4.79 Å². The van der Waals surface area contributed by atoms with Crippen LogP contribution in [0.15, 0.2) is 30.3 Å². The fourth-order valence-corrected chi connectivity index (χ4v) is 4.59. The molecule has 0 radical (unpaired) electrons. The van der Waals surface area contributed by atoms with Crippen molar-refractivity contribution in [3.05, 3.63) is 35.9 Å². The van der Waals surface area contributed by atoms with E-state index in [1.54, 1.807) is 0 Å². The summed E-state index contributed by atoms with van der Waals surface area (Å²) in [6.45, 7) is 6.70. The molecule has 1 aromatic carbocycles. The fraction of sp³-hybridized carbons (Fsp3) is 0.682. The van der Waals surface area contributed by atoms with Crippen LogP contribution in [0.5, 0.6) is 0 Å². The lowest BCUT2D eigenvalue weighted by Gasteiger charge is -2.37. The first kappa shape index (κ1) is 19.4. The summed E-state index contributed by atoms with van der Waals surface area (Å²) in [6.07, 6.45) is 7.83. The lowest BCUT2D eigenvalue weighted by Crippen LogP contribution is -2.48. The highest BCUT2D eigenvalue weighted by molar-refractivity contribution is 5.88. The van der Waals surface area contributed by atoms with Crippen LogP contribution in [0.4, 0.5) is 0 Å². The number of hydrogen-bond donors (Lipinski definition) is 1. The van der Waals surface area contributed by atoms with Crippen LogP contribution in [0.25, 0.3) is 0 Å². The molecule has 2 heterocycles. The van der Waals surface area contributed by atoms with Gasteiger partial charge in [0.05, 0.1) is 5.41 Å². The molecule has 2 aliphatic heterocycles. The van der Waals surface area contributed by atoms with Crippen LogP contribution in [0, 0.1) is 0 Å². The SMILES string of the molecule is CCC1CCCCN1CCCNC(=O)C1(c2ccccc2)CCOCC1. The van der Waals surface area contributed by atoms with Crippen LogP contribution in [0.1, 0.15) is 57.4 Å². The van der Waals surface area contributed by atoms with Crippen LogP contribution in [-0.4, -0.2) is 49.7 Å². The molecule has 4 heteroatoms. The number of nitrogens with zero attached hydrogens (tertiary/aromatic N) is 1. The predicted octanol–water partition coefficient (Wildman–Crippen LogP) is 3.51. The largest absolute Gasteiger partial charge is 0.381 e. The predicted molar refractivity (Wildman–Crippen MR) is 105 cm³/mol. The van der Waals surface area contributed by atoms with Gasteiger partial charge in [-0.2, -0.15) is 0 Å². The van der Waals surface area contributed by atoms with Crippen molar-refractivity contribution in [3.63, 3.8) is 0 Å². The molecule has 2 saturated heterocycles. The molecular weight excluding hydrogens is 324 g/mol. The van der Waals surface area contributed by atoms with Gasteiger partial charge in [0, 0.05) is 32.3 Å². The molecule has 2 fully saturated rings. The summed E-state index contributed by atoms with van der Waals surface area (Å²) in [5.74, 6) is 0.178. The van der Waals surface area contributed by atoms with Gasteiger partial charge in [-0.3, -0.25) is 4.79 Å². The standard InChI is InChI=1S/C22H34N2O2/c1-2-20-11-6-7-15-24(20)16-8-14-23-21(25)22(12-17-26-18-13-22)19-9-4-3-5-10-19/h3-5,9-10,20H,2,6-8,11-18H2,1H3,(H,23,25). The summed E-state index contributed by atoms with van der Waals surface area (Å²) in [4.78, 5) is 15.7. The number of rotatable bonds is 7. The van der Waals surface area contributed by atoms with E-state index in [2.05, 4.69) is 29.3 Å². The van der Waals surface area contributed by atoms with Gasteiger partial charge in [-0.15, -0.1) is 0 Å². The van der Waals surface area contributed by atoms with Crippen molar-refractivity contribution >= 4 is 5.91 Å². The van der Waals surface area contributed by atoms with Crippen molar-refractivity contribution in [1.29, 1.82) is 0 Å². The Morgan fingerprint density at radius 2 is 2.00 bits per heavy atom. The molecule has 26 heavy (non-hydrogen) atoms. The summed E-state index contributed by atoms with van der Waals surface area (Å²) in [5, 5.41) is 3.24. The quantitative estimate of drug-likeness (QED) is 0.759. The first-order valence-corrected chi connectivity index (χ1v) is 10.4. The molecule has 0 aliphatic carbocycles. The van der Waals surface area contributed by atoms with Gasteiger partial charge in [-0.05, 0) is 50.6 Å². The second-order valence-electron chi connectivity index (χ2n) is 7.76. The maximum atomic E-state index is 13.1. The van der Waals surface area contributed by atoms with Crippen molar-refractivity contribution < 1.29 is 9.53 Å². The van der Waals surface area contributed by atoms with Gasteiger partial charge in [-0.25, -0.2) is 0 Å². The van der Waals surface area contributed by atoms with Crippen LogP contribution >= 0.6 is 0 Å². The van der Waals surface area contributed by atoms with Crippen LogP contribution < -0.4 is 5.32 Å². The van der Waals surface area contributed by atoms with E-state index in [4.69, 9.17) is 4.74 Å². The number of likely N-dealkylation sites (tertiary alicyclic amines) is 1. The molecular formula is C22H34N2O2. The maximum Gasteiger partial charge on any atom is 0.230 e. The van der Waals surface area contributed by atoms with Crippen LogP contribution in [0.2, 0.25) is 0 Å². The Hall–Kier alpha value is -1.39. The van der Waals surface area contributed by atoms with E-state index in [1.807, 2.05) is 18.2 Å². The number of piperidine rings is 1. The maximum absolute atomic E-state index is 13.1. The Labute approximate surface area is 158 Å². The third-order valence-electron chi connectivity index (χ3n) is 6.24. The molecule has 4 nitrogen and oxygen atoms in total. The summed E-state index contributed by atoms with van der Waals surface area (Å²) < 4.78 is 5.54. The molecule has 1 atom stereocenters. The molecule has 0 saturated carbocycles. The minimum atomic E-state index is -0.420. The van der Waals surface area contributed by atoms with E-state index in [-0.39, 0.29) is 5.91 Å². The van der Waals surface area contributed by atoms with Crippen molar-refractivity contribution in [1.82, 2.24) is 10.2 Å². The third-order valence-corrected chi connectivity index (χ3v) is 6.24. The number of ether oxygens (including phenoxy) is 1. The first-order valence-electron chi connectivity index (χ1n) is 10.4. The smallest absolute Gasteiger partial charge is 0.230 e. The second-order valence-corrected chi connectivity index (χ2v) is 7.76. The number of carbonyl (C=O) groups excluding carboxylic acids is 1. The molecule has 1 unspecified atom stereocenters. The Morgan fingerprint density at radius 1 is 1.23 bits per heavy atom. The molecule has 0 aromatic heterocycles. The minimum absolute atomic E-state index is 0.178. The molecule has 1 aromatic rings. The Balaban J connectivity index is 1.54. The summed E-state index contributed by atoms with van der Waals surface area (Å²) in [5.41, 5.74) is 0.708. The van der Waals surface area contributed by atoms with Gasteiger partial charge in [0.25, 0.3) is 0 Å². The van der Waals surface area contributed by atoms with Crippen molar-refractivity contribution in [2.75, 3.05) is 32.8 Å². The van der Waals surface area contributed by atoms with E-state index >= 15 is 0 Å². The minimum Gasteiger partial charge on any atom is -0.381 e. The van der Waals surface area contributed by atoms with Gasteiger partial charge < -0.3 is 15.0 Å². The van der Waals surface area contributed by atoms with Crippen LogP contribution in [0.3, 0.4) is 0 Å². The summed E-state index contributed by atoms with van der Waals surface area (Å²) in [6, 6.07) is 11.0. The van der Waals surface area contributed by atoms with E-state index in [1.165, 1.54) is 32.2 Å². The number of benzene rings is 1. The van der Waals surface area contributed by atoms with Gasteiger partial charge in [0.15, 0.2) is 0 Å². The monoisotopic (exact) mass is 358 g/mol. The number of amides is 1. The van der Waals surface area contributed by atoms with Gasteiger partial charge in [0.2, 0.25) is 5.91 Å². The Morgan fingerprint density at radius 3 is 2.73 bits per heavy atom. The van der Waals surface area contributed by atoms with Gasteiger partial charge in [-0.1, -0.05) is 43.7 Å². The van der Waals surface area contributed by atoms with Gasteiger partial charge in [0.1, 0.15) is 0 Å². The highest BCUT2D eigenvalue weighted by atomic mass is 16.5. The highest BCUT2D eigenvalue weighted by Gasteiger charge is 2.41. The first-order chi connectivity index (χ1) is 12.8. The normalized spacial score (nSPS) is 23.5. The van der Waals surface area contributed by atoms with E-state index < -0.39 is 5.41 Å². The highest BCUT2D eigenvalue weighted by Crippen LogP contribution is 2.35. The van der Waals surface area contributed by atoms with E-state index in [0.29, 0.717) is 13.2 Å². The molecule has 2 aliphatic rings. The molecule has 1 N–H and O–H groups in total. The topological polar surface area (TPSA) is 41.6 Å². The molecule has 3 rings (SSSR count). The lowest BCUT2D eigenvalue weighted by molar-refractivity contribution is -0.130. The second kappa shape index (κ2) is 9.52. The zero-order valence-corrected chi connectivity index (χ0v) is 16.2. The number of carbonyl (C=O) groups is 1. The Kier molecular flexibility index (Phi) is 7.09. The fourth-order valence-electron chi connectivity index (χ4n) is 4.59. The van der Waals surface area contributed by atoms with Gasteiger partial charge >= 0.3 is 0 Å². The van der Waals surface area contributed by atoms with E-state index in [0.717, 1.165) is 44.0 Å². The van der Waals surface area contributed by atoms with Crippen molar-refractivity contribution in [2.24, 2.45) is 0 Å². The zero-order chi connectivity index (χ0) is 18.2. The van der Waals surface area contributed by atoms with Crippen molar-refractivity contribution in [2.45, 2.75) is 63.3 Å². The molecule has 0 bridgehead atoms. The van der Waals surface area contributed by atoms with Crippen LogP contribution in [-0.2, 0) is 14.9 Å². The molecule has 144 valence electrons. The number of nitrogens with one attached hydrogen (secondary N) is 1. The van der Waals surface area contributed by atoms with Crippen molar-refractivity contribution in [3.8, 4) is 0 Å². The molecule has 0 spiro atoms. The molecule has 1 amide bonds. The average Bonchev–Trinajstić information content (AvgIpc) is 2.72. The average molecular weight is 359 g/mol. The number of hydrogen-bond acceptors (Lipinski definition) is 3. The zero-order valence-electron chi connectivity index (χ0n) is 16.2. The Bertz CT molecular complexity index is 555. The lowest BCUT2D eigenvalue weighted by atomic mass is 9.73. The summed E-state index contributed by atoms with van der Waals surface area (Å²) >= 11 is 0. The summed E-state index contributed by atoms with van der Waals surface area (Å²) in [7, 11) is 0.